The molecule has 42 heavy (non-hydrogen) atoms. The van der Waals surface area contributed by atoms with E-state index < -0.39 is 0 Å². The third kappa shape index (κ3) is 4.13. The van der Waals surface area contributed by atoms with Gasteiger partial charge in [0.2, 0.25) is 0 Å². The van der Waals surface area contributed by atoms with Crippen LogP contribution in [-0.2, 0) is 0 Å². The summed E-state index contributed by atoms with van der Waals surface area (Å²) in [4.78, 5) is 2.36. The summed E-state index contributed by atoms with van der Waals surface area (Å²) in [5, 5.41) is 4.64. The lowest BCUT2D eigenvalue weighted by Crippen LogP contribution is -2.10. The topological polar surface area (TPSA) is 16.4 Å². The van der Waals surface area contributed by atoms with Crippen LogP contribution < -0.4 is 4.90 Å². The minimum absolute atomic E-state index is 0.875. The van der Waals surface area contributed by atoms with Crippen LogP contribution in [0.25, 0.3) is 55.0 Å². The average molecular weight is 538 g/mol. The highest BCUT2D eigenvalue weighted by atomic mass is 16.3. The summed E-state index contributed by atoms with van der Waals surface area (Å²) in [6.45, 7) is 0. The lowest BCUT2D eigenvalue weighted by atomic mass is 9.98. The van der Waals surface area contributed by atoms with E-state index in [1.165, 1.54) is 21.9 Å². The second-order valence-corrected chi connectivity index (χ2v) is 10.6. The smallest absolute Gasteiger partial charge is 0.138 e. The Bertz CT molecular complexity index is 2160. The van der Waals surface area contributed by atoms with Crippen molar-refractivity contribution < 1.29 is 4.42 Å². The summed E-state index contributed by atoms with van der Waals surface area (Å²) in [7, 11) is 0. The van der Waals surface area contributed by atoms with E-state index in [2.05, 4.69) is 169 Å². The molecule has 0 radical (unpaired) electrons. The van der Waals surface area contributed by atoms with E-state index in [-0.39, 0.29) is 0 Å². The van der Waals surface area contributed by atoms with Crippen molar-refractivity contribution in [1.82, 2.24) is 0 Å². The second kappa shape index (κ2) is 10.1. The van der Waals surface area contributed by atoms with E-state index in [0.29, 0.717) is 0 Å². The van der Waals surface area contributed by atoms with Gasteiger partial charge >= 0.3 is 0 Å². The van der Waals surface area contributed by atoms with Crippen LogP contribution in [-0.4, -0.2) is 0 Å². The molecule has 0 aliphatic carbocycles. The average Bonchev–Trinajstić information content (AvgIpc) is 3.46. The molecule has 1 aromatic heterocycles. The largest absolute Gasteiger partial charge is 0.456 e. The molecule has 0 spiro atoms. The predicted octanol–water partition coefficient (Wildman–Crippen LogP) is 11.5. The van der Waals surface area contributed by atoms with Crippen LogP contribution in [0.4, 0.5) is 17.1 Å². The first-order valence-electron chi connectivity index (χ1n) is 14.3. The third-order valence-electron chi connectivity index (χ3n) is 8.04. The molecule has 2 heteroatoms. The van der Waals surface area contributed by atoms with Gasteiger partial charge in [0.25, 0.3) is 0 Å². The van der Waals surface area contributed by atoms with Gasteiger partial charge in [-0.2, -0.15) is 0 Å². The molecule has 7 aromatic carbocycles. The van der Waals surface area contributed by atoms with E-state index in [4.69, 9.17) is 4.42 Å². The van der Waals surface area contributed by atoms with Gasteiger partial charge < -0.3 is 9.32 Å². The number of furan rings is 1. The van der Waals surface area contributed by atoms with Crippen LogP contribution in [0.15, 0.2) is 168 Å². The van der Waals surface area contributed by atoms with Crippen LogP contribution >= 0.6 is 0 Å². The van der Waals surface area contributed by atoms with Crippen LogP contribution in [0.1, 0.15) is 0 Å². The molecule has 1 heterocycles. The molecular weight excluding hydrogens is 510 g/mol. The van der Waals surface area contributed by atoms with Crippen LogP contribution in [0, 0.1) is 0 Å². The maximum Gasteiger partial charge on any atom is 0.138 e. The first-order valence-corrected chi connectivity index (χ1v) is 14.3. The molecule has 0 amide bonds. The van der Waals surface area contributed by atoms with Crippen LogP contribution in [0.5, 0.6) is 0 Å². The molecule has 0 saturated carbocycles. The number of hydrogen-bond donors (Lipinski definition) is 0. The highest BCUT2D eigenvalue weighted by molar-refractivity contribution is 6.23. The molecule has 0 saturated heterocycles. The molecule has 8 aromatic rings. The molecule has 0 unspecified atom stereocenters. The number of rotatable bonds is 5. The summed E-state index contributed by atoms with van der Waals surface area (Å²) in [5.41, 5.74) is 9.68. The van der Waals surface area contributed by atoms with Gasteiger partial charge in [0.05, 0.1) is 11.1 Å². The normalized spacial score (nSPS) is 11.3. The Morgan fingerprint density at radius 1 is 0.381 bits per heavy atom. The number of nitrogens with zero attached hydrogens (tertiary/aromatic N) is 1. The molecule has 0 bridgehead atoms. The van der Waals surface area contributed by atoms with Crippen molar-refractivity contribution >= 4 is 49.8 Å². The van der Waals surface area contributed by atoms with Crippen molar-refractivity contribution in [1.29, 1.82) is 0 Å². The highest BCUT2D eigenvalue weighted by Crippen LogP contribution is 2.46. The standard InChI is InChI=1S/C40H27NO/c1-4-12-28(13-5-1)30-20-23-34(24-21-30)41(33-17-8-3-9-18-33)36-26-32(29-14-6-2-7-15-29)27-38-40(36)39-35-19-11-10-16-31(35)22-25-37(39)42-38/h1-27H. The first kappa shape index (κ1) is 24.2. The van der Waals surface area contributed by atoms with Crippen molar-refractivity contribution in [2.75, 3.05) is 4.90 Å². The van der Waals surface area contributed by atoms with E-state index in [1.807, 2.05) is 0 Å². The van der Waals surface area contributed by atoms with Gasteiger partial charge in [0.1, 0.15) is 11.2 Å². The zero-order valence-electron chi connectivity index (χ0n) is 22.9. The second-order valence-electron chi connectivity index (χ2n) is 10.6. The van der Waals surface area contributed by atoms with Gasteiger partial charge in [-0.15, -0.1) is 0 Å². The Hall–Kier alpha value is -5.60. The summed E-state index contributed by atoms with van der Waals surface area (Å²) in [6, 6.07) is 57.9. The maximum absolute atomic E-state index is 6.64. The van der Waals surface area contributed by atoms with Crippen LogP contribution in [0.2, 0.25) is 0 Å². The molecule has 0 aliphatic heterocycles. The molecule has 2 nitrogen and oxygen atoms in total. The minimum atomic E-state index is 0.875. The fourth-order valence-electron chi connectivity index (χ4n) is 6.06. The molecule has 0 N–H and O–H groups in total. The van der Waals surface area contributed by atoms with Gasteiger partial charge in [-0.05, 0) is 75.5 Å². The van der Waals surface area contributed by atoms with Crippen molar-refractivity contribution in [2.24, 2.45) is 0 Å². The van der Waals surface area contributed by atoms with Crippen molar-refractivity contribution in [2.45, 2.75) is 0 Å². The SMILES string of the molecule is c1ccc(-c2ccc(N(c3ccccc3)c3cc(-c4ccccc4)cc4oc5ccc6ccccc6c5c34)cc2)cc1. The zero-order valence-corrected chi connectivity index (χ0v) is 22.9. The molecule has 0 fully saturated rings. The van der Waals surface area contributed by atoms with Gasteiger partial charge in [-0.1, -0.05) is 121 Å². The number of fused-ring (bicyclic) bond motifs is 5. The third-order valence-corrected chi connectivity index (χ3v) is 8.04. The molecule has 0 aliphatic rings. The lowest BCUT2D eigenvalue weighted by Gasteiger charge is -2.27. The molecule has 0 atom stereocenters. The fourth-order valence-corrected chi connectivity index (χ4v) is 6.06. The fraction of sp³-hybridized carbons (Fsp3) is 0. The Kier molecular flexibility index (Phi) is 5.82. The number of benzene rings is 7. The van der Waals surface area contributed by atoms with Crippen molar-refractivity contribution in [3.05, 3.63) is 164 Å². The summed E-state index contributed by atoms with van der Waals surface area (Å²) >= 11 is 0. The lowest BCUT2D eigenvalue weighted by molar-refractivity contribution is 0.669. The maximum atomic E-state index is 6.64. The van der Waals surface area contributed by atoms with Gasteiger partial charge in [-0.3, -0.25) is 0 Å². The minimum Gasteiger partial charge on any atom is -0.456 e. The van der Waals surface area contributed by atoms with E-state index in [0.717, 1.165) is 50.1 Å². The predicted molar refractivity (Wildman–Crippen MR) is 177 cm³/mol. The Labute approximate surface area is 244 Å². The van der Waals surface area contributed by atoms with E-state index in [9.17, 15) is 0 Å². The Balaban J connectivity index is 1.44. The van der Waals surface area contributed by atoms with Crippen molar-refractivity contribution in [3.63, 3.8) is 0 Å². The first-order chi connectivity index (χ1) is 20.8. The Morgan fingerprint density at radius 3 is 1.67 bits per heavy atom. The molecular formula is C40H27NO. The summed E-state index contributed by atoms with van der Waals surface area (Å²) < 4.78 is 6.64. The zero-order chi connectivity index (χ0) is 27.9. The summed E-state index contributed by atoms with van der Waals surface area (Å²) in [6.07, 6.45) is 0. The Morgan fingerprint density at radius 2 is 0.952 bits per heavy atom. The van der Waals surface area contributed by atoms with Gasteiger partial charge in [0, 0.05) is 16.8 Å². The van der Waals surface area contributed by atoms with E-state index in [1.54, 1.807) is 0 Å². The van der Waals surface area contributed by atoms with E-state index >= 15 is 0 Å². The molecule has 198 valence electrons. The quantitative estimate of drug-likeness (QED) is 0.217. The van der Waals surface area contributed by atoms with Crippen LogP contribution in [0.3, 0.4) is 0 Å². The number of para-hydroxylation sites is 1. The van der Waals surface area contributed by atoms with Gasteiger partial charge in [0.15, 0.2) is 0 Å². The monoisotopic (exact) mass is 537 g/mol. The van der Waals surface area contributed by atoms with Gasteiger partial charge in [-0.25, -0.2) is 0 Å². The number of anilines is 3. The summed E-state index contributed by atoms with van der Waals surface area (Å²) in [5.74, 6) is 0. The highest BCUT2D eigenvalue weighted by Gasteiger charge is 2.22. The number of hydrogen-bond acceptors (Lipinski definition) is 2. The molecule has 8 rings (SSSR count). The van der Waals surface area contributed by atoms with Crippen molar-refractivity contribution in [3.8, 4) is 22.3 Å².